The largest absolute Gasteiger partial charge is 0.493 e. The van der Waals surface area contributed by atoms with Crippen LogP contribution in [0.4, 0.5) is 0 Å². The predicted octanol–water partition coefficient (Wildman–Crippen LogP) is 3.92. The van der Waals surface area contributed by atoms with Crippen molar-refractivity contribution in [3.05, 3.63) is 52.9 Å². The molecule has 0 bridgehead atoms. The Bertz CT molecular complexity index is 925. The van der Waals surface area contributed by atoms with Crippen LogP contribution in [-0.2, 0) is 0 Å². The highest BCUT2D eigenvalue weighted by Crippen LogP contribution is 2.44. The minimum Gasteiger partial charge on any atom is -0.493 e. The maximum Gasteiger partial charge on any atom is 0.203 e. The highest BCUT2D eigenvalue weighted by atomic mass is 32.1. The molecule has 148 valence electrons. The lowest BCUT2D eigenvalue weighted by Gasteiger charge is -2.35. The normalized spacial score (nSPS) is 16.1. The van der Waals surface area contributed by atoms with Crippen LogP contribution in [0.1, 0.15) is 17.2 Å². The molecule has 0 amide bonds. The van der Waals surface area contributed by atoms with Crippen molar-refractivity contribution in [2.24, 2.45) is 0 Å². The van der Waals surface area contributed by atoms with Gasteiger partial charge in [0, 0.05) is 30.9 Å². The quantitative estimate of drug-likeness (QED) is 0.682. The summed E-state index contributed by atoms with van der Waals surface area (Å²) in [6.45, 7) is 3.96. The van der Waals surface area contributed by atoms with E-state index in [9.17, 15) is 0 Å². The van der Waals surface area contributed by atoms with E-state index in [2.05, 4.69) is 52.0 Å². The van der Waals surface area contributed by atoms with Crippen molar-refractivity contribution < 1.29 is 14.2 Å². The fraction of sp³-hybridized carbons (Fsp3) is 0.364. The van der Waals surface area contributed by atoms with Gasteiger partial charge in [-0.2, -0.15) is 0 Å². The van der Waals surface area contributed by atoms with Gasteiger partial charge in [0.1, 0.15) is 0 Å². The molecule has 2 aromatic carbocycles. The predicted molar refractivity (Wildman–Crippen MR) is 114 cm³/mol. The average Bonchev–Trinajstić information content (AvgIpc) is 3.17. The summed E-state index contributed by atoms with van der Waals surface area (Å²) in [4.78, 5) is 2.53. The van der Waals surface area contributed by atoms with E-state index in [1.165, 1.54) is 15.6 Å². The molecule has 0 radical (unpaired) electrons. The summed E-state index contributed by atoms with van der Waals surface area (Å²) >= 11 is 1.80. The SMILES string of the molecule is COc1cc(C(c2csc3ccccc23)N2CCNCC2)cc(OC)c1OC. The molecule has 1 atom stereocenters. The molecule has 1 aliphatic rings. The van der Waals surface area contributed by atoms with Gasteiger partial charge >= 0.3 is 0 Å². The molecule has 1 N–H and O–H groups in total. The summed E-state index contributed by atoms with van der Waals surface area (Å²) < 4.78 is 18.1. The molecule has 0 spiro atoms. The van der Waals surface area contributed by atoms with Crippen molar-refractivity contribution in [2.75, 3.05) is 47.5 Å². The van der Waals surface area contributed by atoms with E-state index in [0.717, 1.165) is 31.7 Å². The number of ether oxygens (including phenoxy) is 3. The van der Waals surface area contributed by atoms with E-state index in [1.54, 1.807) is 32.7 Å². The van der Waals surface area contributed by atoms with Gasteiger partial charge in [0.25, 0.3) is 0 Å². The highest BCUT2D eigenvalue weighted by Gasteiger charge is 2.28. The zero-order chi connectivity index (χ0) is 19.5. The van der Waals surface area contributed by atoms with Crippen molar-refractivity contribution in [1.29, 1.82) is 0 Å². The lowest BCUT2D eigenvalue weighted by molar-refractivity contribution is 0.198. The molecule has 1 saturated heterocycles. The fourth-order valence-electron chi connectivity index (χ4n) is 4.00. The molecule has 1 fully saturated rings. The Labute approximate surface area is 169 Å². The first-order chi connectivity index (χ1) is 13.8. The van der Waals surface area contributed by atoms with Crippen LogP contribution in [0.5, 0.6) is 17.2 Å². The number of benzene rings is 2. The molecule has 1 aliphatic heterocycles. The van der Waals surface area contributed by atoms with Crippen molar-refractivity contribution in [1.82, 2.24) is 10.2 Å². The zero-order valence-corrected chi connectivity index (χ0v) is 17.3. The van der Waals surface area contributed by atoms with Crippen LogP contribution in [-0.4, -0.2) is 52.4 Å². The van der Waals surface area contributed by atoms with E-state index < -0.39 is 0 Å². The number of hydrogen-bond acceptors (Lipinski definition) is 6. The standard InChI is InChI=1S/C22H26N2O3S/c1-25-18-12-15(13-19(26-2)22(18)27-3)21(24-10-8-23-9-11-24)17-14-28-20-7-5-4-6-16(17)20/h4-7,12-14,21,23H,8-11H2,1-3H3. The number of rotatable bonds is 6. The maximum atomic E-state index is 5.63. The molecule has 6 heteroatoms. The second kappa shape index (κ2) is 8.39. The Morgan fingerprint density at radius 3 is 2.29 bits per heavy atom. The monoisotopic (exact) mass is 398 g/mol. The van der Waals surface area contributed by atoms with Gasteiger partial charge in [0.15, 0.2) is 11.5 Å². The van der Waals surface area contributed by atoms with Crippen LogP contribution < -0.4 is 19.5 Å². The third-order valence-corrected chi connectivity index (χ3v) is 6.31. The van der Waals surface area contributed by atoms with Gasteiger partial charge in [-0.1, -0.05) is 18.2 Å². The Balaban J connectivity index is 1.89. The van der Waals surface area contributed by atoms with Gasteiger partial charge in [0.2, 0.25) is 5.75 Å². The van der Waals surface area contributed by atoms with Crippen LogP contribution in [0.2, 0.25) is 0 Å². The lowest BCUT2D eigenvalue weighted by Crippen LogP contribution is -2.45. The first-order valence-corrected chi connectivity index (χ1v) is 10.4. The van der Waals surface area contributed by atoms with E-state index in [-0.39, 0.29) is 6.04 Å². The van der Waals surface area contributed by atoms with E-state index >= 15 is 0 Å². The second-order valence-electron chi connectivity index (χ2n) is 6.83. The van der Waals surface area contributed by atoms with Crippen LogP contribution in [0.3, 0.4) is 0 Å². The number of hydrogen-bond donors (Lipinski definition) is 1. The molecule has 0 aliphatic carbocycles. The smallest absolute Gasteiger partial charge is 0.203 e. The van der Waals surface area contributed by atoms with E-state index in [4.69, 9.17) is 14.2 Å². The summed E-state index contributed by atoms with van der Waals surface area (Å²) in [5.41, 5.74) is 2.48. The van der Waals surface area contributed by atoms with Crippen LogP contribution in [0.15, 0.2) is 41.8 Å². The Morgan fingerprint density at radius 2 is 1.64 bits per heavy atom. The zero-order valence-electron chi connectivity index (χ0n) is 16.5. The number of methoxy groups -OCH3 is 3. The van der Waals surface area contributed by atoms with Gasteiger partial charge in [0.05, 0.1) is 27.4 Å². The number of nitrogens with zero attached hydrogens (tertiary/aromatic N) is 1. The van der Waals surface area contributed by atoms with Crippen LogP contribution in [0.25, 0.3) is 10.1 Å². The molecule has 4 rings (SSSR count). The summed E-state index contributed by atoms with van der Waals surface area (Å²) in [5, 5.41) is 7.06. The summed E-state index contributed by atoms with van der Waals surface area (Å²) in [6.07, 6.45) is 0. The Morgan fingerprint density at radius 1 is 0.964 bits per heavy atom. The lowest BCUT2D eigenvalue weighted by atomic mass is 9.95. The topological polar surface area (TPSA) is 43.0 Å². The molecule has 3 aromatic rings. The molecule has 1 unspecified atom stereocenters. The highest BCUT2D eigenvalue weighted by molar-refractivity contribution is 7.17. The average molecular weight is 399 g/mol. The van der Waals surface area contributed by atoms with E-state index in [0.29, 0.717) is 17.2 Å². The maximum absolute atomic E-state index is 5.63. The molecule has 5 nitrogen and oxygen atoms in total. The number of fused-ring (bicyclic) bond motifs is 1. The number of piperazine rings is 1. The Kier molecular flexibility index (Phi) is 5.71. The molecule has 0 saturated carbocycles. The Hall–Kier alpha value is -2.28. The van der Waals surface area contributed by atoms with Crippen molar-refractivity contribution >= 4 is 21.4 Å². The minimum absolute atomic E-state index is 0.131. The summed E-state index contributed by atoms with van der Waals surface area (Å²) in [7, 11) is 4.97. The molecular formula is C22H26N2O3S. The van der Waals surface area contributed by atoms with Crippen molar-refractivity contribution in [2.45, 2.75) is 6.04 Å². The van der Waals surface area contributed by atoms with Crippen LogP contribution in [0, 0.1) is 0 Å². The van der Waals surface area contributed by atoms with Gasteiger partial charge in [-0.3, -0.25) is 4.90 Å². The van der Waals surface area contributed by atoms with Gasteiger partial charge in [-0.15, -0.1) is 11.3 Å². The molecule has 1 aromatic heterocycles. The minimum atomic E-state index is 0.131. The molecule has 2 heterocycles. The van der Waals surface area contributed by atoms with Gasteiger partial charge in [-0.05, 0) is 40.1 Å². The molecule has 28 heavy (non-hydrogen) atoms. The first kappa shape index (κ1) is 19.1. The fourth-order valence-corrected chi connectivity index (χ4v) is 4.98. The molecular weight excluding hydrogens is 372 g/mol. The summed E-state index contributed by atoms with van der Waals surface area (Å²) in [5.74, 6) is 2.01. The first-order valence-electron chi connectivity index (χ1n) is 9.47. The summed E-state index contributed by atoms with van der Waals surface area (Å²) in [6, 6.07) is 12.9. The van der Waals surface area contributed by atoms with Gasteiger partial charge < -0.3 is 19.5 Å². The number of nitrogens with one attached hydrogen (secondary N) is 1. The van der Waals surface area contributed by atoms with E-state index in [1.807, 2.05) is 0 Å². The third-order valence-electron chi connectivity index (χ3n) is 5.33. The second-order valence-corrected chi connectivity index (χ2v) is 7.75. The van der Waals surface area contributed by atoms with Gasteiger partial charge in [-0.25, -0.2) is 0 Å². The number of thiophene rings is 1. The van der Waals surface area contributed by atoms with Crippen molar-refractivity contribution in [3.8, 4) is 17.2 Å². The van der Waals surface area contributed by atoms with Crippen molar-refractivity contribution in [3.63, 3.8) is 0 Å². The van der Waals surface area contributed by atoms with Crippen LogP contribution >= 0.6 is 11.3 Å². The third kappa shape index (κ3) is 3.43.